The maximum Gasteiger partial charge on any atom is 0.306 e. The summed E-state index contributed by atoms with van der Waals surface area (Å²) in [7, 11) is 1.09. The lowest BCUT2D eigenvalue weighted by molar-refractivity contribution is -0.870. The maximum absolute atomic E-state index is 12.8. The minimum absolute atomic E-state index is 0.0546. The molecule has 470 valence electrons. The van der Waals surface area contributed by atoms with E-state index in [1.807, 2.05) is 27.2 Å². The Bertz CT molecular complexity index is 2120. The molecular formula is C74H116NO8P. The van der Waals surface area contributed by atoms with Gasteiger partial charge in [-0.3, -0.25) is 14.2 Å². The first kappa shape index (κ1) is 78.8. The molecule has 0 aliphatic heterocycles. The zero-order valence-corrected chi connectivity index (χ0v) is 54.1. The highest BCUT2D eigenvalue weighted by molar-refractivity contribution is 7.45. The molecule has 84 heavy (non-hydrogen) atoms. The molecule has 2 unspecified atom stereocenters. The van der Waals surface area contributed by atoms with Gasteiger partial charge in [0.25, 0.3) is 7.82 Å². The van der Waals surface area contributed by atoms with Crippen molar-refractivity contribution in [3.05, 3.63) is 194 Å². The third-order valence-electron chi connectivity index (χ3n) is 12.6. The number of likely N-dealkylation sites (N-methyl/N-ethyl adjacent to an activating group) is 1. The summed E-state index contributed by atoms with van der Waals surface area (Å²) in [5, 5.41) is 0. The van der Waals surface area contributed by atoms with E-state index in [2.05, 4.69) is 202 Å². The highest BCUT2D eigenvalue weighted by Crippen LogP contribution is 2.38. The lowest BCUT2D eigenvalue weighted by Crippen LogP contribution is -2.37. The van der Waals surface area contributed by atoms with Gasteiger partial charge in [-0.15, -0.1) is 0 Å². The van der Waals surface area contributed by atoms with E-state index in [9.17, 15) is 19.0 Å². The number of carbonyl (C=O) groups is 2. The first-order valence-corrected chi connectivity index (χ1v) is 33.6. The van der Waals surface area contributed by atoms with Crippen molar-refractivity contribution in [1.82, 2.24) is 0 Å². The zero-order chi connectivity index (χ0) is 61.2. The van der Waals surface area contributed by atoms with Crippen LogP contribution in [0, 0.1) is 0 Å². The first-order valence-electron chi connectivity index (χ1n) is 32.1. The summed E-state index contributed by atoms with van der Waals surface area (Å²) < 4.78 is 34.1. The number of ether oxygens (including phenoxy) is 2. The highest BCUT2D eigenvalue weighted by atomic mass is 31.2. The van der Waals surface area contributed by atoms with E-state index in [1.54, 1.807) is 0 Å². The number of hydrogen-bond acceptors (Lipinski definition) is 8. The molecule has 0 aliphatic carbocycles. The first-order chi connectivity index (χ1) is 41.0. The molecule has 0 radical (unpaired) electrons. The van der Waals surface area contributed by atoms with Crippen molar-refractivity contribution in [2.75, 3.05) is 47.5 Å². The standard InChI is InChI=1S/C74H116NO8P/c1-6-8-10-12-14-16-18-20-22-24-26-28-30-32-34-36-37-39-40-42-44-46-48-50-52-54-56-58-60-62-64-66-73(76)80-70-72(71-82-84(78,79)81-69-68-75(3,4)5)83-74(77)67-65-63-61-59-57-55-53-51-49-47-45-43-41-38-35-33-31-29-27-25-23-21-19-17-15-13-11-9-7-2/h8-11,14-17,20-23,26-29,32-35,37,39,41-44,47,49,53,55,59,61,72H,6-7,12-13,18-19,24-25,30-31,36,38,40,45-46,48,50-52,54,56-58,60,62-71H2,1-5H3/b10-8-,11-9-,16-14-,17-15-,22-20-,23-21-,28-26-,29-27-,34-32-,35-33-,39-37-,43-41-,44-42-,49-47-,55-53-,61-59-. The van der Waals surface area contributed by atoms with Crippen molar-refractivity contribution in [3.8, 4) is 0 Å². The Morgan fingerprint density at radius 3 is 0.988 bits per heavy atom. The Morgan fingerprint density at radius 2 is 0.655 bits per heavy atom. The lowest BCUT2D eigenvalue weighted by atomic mass is 10.1. The smallest absolute Gasteiger partial charge is 0.306 e. The molecule has 0 amide bonds. The second-order valence-corrected chi connectivity index (χ2v) is 23.1. The quantitative estimate of drug-likeness (QED) is 0.0195. The van der Waals surface area contributed by atoms with Crippen LogP contribution in [0.1, 0.15) is 206 Å². The molecule has 10 heteroatoms. The van der Waals surface area contributed by atoms with E-state index < -0.39 is 32.5 Å². The van der Waals surface area contributed by atoms with Crippen LogP contribution in [0.2, 0.25) is 0 Å². The SMILES string of the molecule is CC/C=C\C/C=C\C/C=C\C/C=C\C/C=C\C/C=C\C/C=C\C/C=C\C/C=C\CCCC(=O)OC(COC(=O)CCCCCCCCCCC/C=C\C/C=C\C/C=C\C/C=C\C/C=C\C/C=C\C/C=C\CC)COP(=O)([O-])OCC[N+](C)(C)C. The molecule has 0 spiro atoms. The van der Waals surface area contributed by atoms with Crippen LogP contribution in [-0.4, -0.2) is 70.0 Å². The van der Waals surface area contributed by atoms with Crippen molar-refractivity contribution in [2.24, 2.45) is 0 Å². The van der Waals surface area contributed by atoms with Gasteiger partial charge in [0.05, 0.1) is 27.7 Å². The van der Waals surface area contributed by atoms with Crippen LogP contribution in [0.25, 0.3) is 0 Å². The Labute approximate surface area is 513 Å². The van der Waals surface area contributed by atoms with Gasteiger partial charge in [-0.25, -0.2) is 0 Å². The number of esters is 2. The minimum atomic E-state index is -4.67. The van der Waals surface area contributed by atoms with E-state index >= 15 is 0 Å². The molecule has 0 aromatic carbocycles. The normalized spacial score (nSPS) is 14.5. The third-order valence-corrected chi connectivity index (χ3v) is 13.6. The Morgan fingerprint density at radius 1 is 0.369 bits per heavy atom. The Hall–Kier alpha value is -5.15. The van der Waals surface area contributed by atoms with Crippen molar-refractivity contribution >= 4 is 19.8 Å². The summed E-state index contributed by atoms with van der Waals surface area (Å²) >= 11 is 0. The number of carbonyl (C=O) groups excluding carboxylic acids is 2. The lowest BCUT2D eigenvalue weighted by Gasteiger charge is -2.28. The molecule has 0 heterocycles. The topological polar surface area (TPSA) is 111 Å². The summed E-state index contributed by atoms with van der Waals surface area (Å²) in [5.41, 5.74) is 0. The Kier molecular flexibility index (Phi) is 58.6. The molecule has 2 atom stereocenters. The summed E-state index contributed by atoms with van der Waals surface area (Å²) in [5.74, 6) is -0.928. The molecule has 9 nitrogen and oxygen atoms in total. The number of phosphoric ester groups is 1. The fourth-order valence-corrected chi connectivity index (χ4v) is 8.48. The molecule has 0 saturated heterocycles. The van der Waals surface area contributed by atoms with Gasteiger partial charge in [0.2, 0.25) is 0 Å². The summed E-state index contributed by atoms with van der Waals surface area (Å²) in [6.45, 7) is 3.90. The fraction of sp³-hybridized carbons (Fsp3) is 0.541. The zero-order valence-electron chi connectivity index (χ0n) is 53.3. The summed E-state index contributed by atoms with van der Waals surface area (Å²) in [6.07, 6.45) is 97.8. The molecule has 0 rings (SSSR count). The number of hydrogen-bond donors (Lipinski definition) is 0. The fourth-order valence-electron chi connectivity index (χ4n) is 7.75. The molecular weight excluding hydrogens is 1060 g/mol. The average molecular weight is 1180 g/mol. The van der Waals surface area contributed by atoms with Crippen molar-refractivity contribution in [2.45, 2.75) is 213 Å². The maximum atomic E-state index is 12.8. The van der Waals surface area contributed by atoms with Crippen LogP contribution in [0.15, 0.2) is 194 Å². The average Bonchev–Trinajstić information content (AvgIpc) is 3.61. The molecule has 0 aromatic heterocycles. The second-order valence-electron chi connectivity index (χ2n) is 21.7. The number of quaternary nitrogens is 1. The van der Waals surface area contributed by atoms with Crippen molar-refractivity contribution in [1.29, 1.82) is 0 Å². The van der Waals surface area contributed by atoms with Gasteiger partial charge in [0.1, 0.15) is 19.8 Å². The van der Waals surface area contributed by atoms with Gasteiger partial charge in [0.15, 0.2) is 6.10 Å². The number of rotatable bonds is 56. The minimum Gasteiger partial charge on any atom is -0.756 e. The van der Waals surface area contributed by atoms with Gasteiger partial charge < -0.3 is 27.9 Å². The molecule has 0 fully saturated rings. The Balaban J connectivity index is 4.29. The van der Waals surface area contributed by atoms with Gasteiger partial charge in [-0.1, -0.05) is 253 Å². The van der Waals surface area contributed by atoms with E-state index in [4.69, 9.17) is 18.5 Å². The molecule has 0 aromatic rings. The van der Waals surface area contributed by atoms with Crippen LogP contribution in [0.3, 0.4) is 0 Å². The van der Waals surface area contributed by atoms with E-state index in [-0.39, 0.29) is 26.1 Å². The monoisotopic (exact) mass is 1180 g/mol. The summed E-state index contributed by atoms with van der Waals surface area (Å²) in [4.78, 5) is 38.0. The second kappa shape index (κ2) is 62.4. The third kappa shape index (κ3) is 66.0. The van der Waals surface area contributed by atoms with Gasteiger partial charge >= 0.3 is 11.9 Å². The predicted octanol–water partition coefficient (Wildman–Crippen LogP) is 20.3. The summed E-state index contributed by atoms with van der Waals surface area (Å²) in [6, 6.07) is 0. The van der Waals surface area contributed by atoms with E-state index in [1.165, 1.54) is 32.1 Å². The number of allylic oxidation sites excluding steroid dienone is 32. The molecule has 0 bridgehead atoms. The van der Waals surface area contributed by atoms with Crippen LogP contribution in [0.5, 0.6) is 0 Å². The van der Waals surface area contributed by atoms with Crippen LogP contribution in [0.4, 0.5) is 0 Å². The van der Waals surface area contributed by atoms with Crippen LogP contribution < -0.4 is 4.89 Å². The molecule has 0 saturated carbocycles. The van der Waals surface area contributed by atoms with Gasteiger partial charge in [0, 0.05) is 12.8 Å². The number of phosphoric acid groups is 1. The number of unbranched alkanes of at least 4 members (excludes halogenated alkanes) is 10. The molecule has 0 N–H and O–H groups in total. The molecule has 0 aliphatic rings. The van der Waals surface area contributed by atoms with E-state index in [0.29, 0.717) is 30.3 Å². The predicted molar refractivity (Wildman–Crippen MR) is 359 cm³/mol. The van der Waals surface area contributed by atoms with Crippen LogP contribution >= 0.6 is 7.82 Å². The highest BCUT2D eigenvalue weighted by Gasteiger charge is 2.21. The number of nitrogens with zero attached hydrogens (tertiary/aromatic N) is 1. The van der Waals surface area contributed by atoms with Gasteiger partial charge in [-0.05, 0) is 135 Å². The largest absolute Gasteiger partial charge is 0.756 e. The van der Waals surface area contributed by atoms with Gasteiger partial charge in [-0.2, -0.15) is 0 Å². The van der Waals surface area contributed by atoms with E-state index in [0.717, 1.165) is 128 Å². The van der Waals surface area contributed by atoms with Crippen molar-refractivity contribution < 1.29 is 42.1 Å². The van der Waals surface area contributed by atoms with Crippen LogP contribution in [-0.2, 0) is 32.7 Å². The van der Waals surface area contributed by atoms with Crippen molar-refractivity contribution in [3.63, 3.8) is 0 Å².